The Bertz CT molecular complexity index is 228. The Morgan fingerprint density at radius 2 is 1.92 bits per heavy atom. The first-order valence-electron chi connectivity index (χ1n) is 4.07. The molecule has 1 aliphatic carbocycles. The summed E-state index contributed by atoms with van der Waals surface area (Å²) in [6.45, 7) is 0. The standard InChI is InChI=1S/C6H9N.C4H5N/c7-6-4-2-1-3-5-6;1-2-4-5-3-1/h1-2,5H,3-4,7H2;1-5H. The lowest BCUT2D eigenvalue weighted by molar-refractivity contribution is 1.09. The molecule has 1 aliphatic rings. The molecule has 3 N–H and O–H groups in total. The fraction of sp³-hybridized carbons (Fsp3) is 0.200. The summed E-state index contributed by atoms with van der Waals surface area (Å²) in [5.41, 5.74) is 6.45. The Kier molecular flexibility index (Phi) is 3.78. The number of H-pyrrole nitrogens is 1. The molecule has 0 saturated heterocycles. The SMILES string of the molecule is NC1=CCC=CC1.c1cc[nH]c1. The molecule has 2 rings (SSSR count). The average Bonchev–Trinajstić information content (AvgIpc) is 2.62. The van der Waals surface area contributed by atoms with E-state index in [0.29, 0.717) is 0 Å². The number of allylic oxidation sites excluding steroid dienone is 3. The van der Waals surface area contributed by atoms with E-state index in [1.165, 1.54) is 0 Å². The second-order valence-corrected chi connectivity index (χ2v) is 2.58. The summed E-state index contributed by atoms with van der Waals surface area (Å²) < 4.78 is 0. The zero-order valence-electron chi connectivity index (χ0n) is 7.03. The van der Waals surface area contributed by atoms with E-state index in [1.54, 1.807) is 0 Å². The monoisotopic (exact) mass is 162 g/mol. The predicted molar refractivity (Wildman–Crippen MR) is 51.4 cm³/mol. The minimum Gasteiger partial charge on any atom is -0.402 e. The topological polar surface area (TPSA) is 41.8 Å². The highest BCUT2D eigenvalue weighted by molar-refractivity contribution is 5.10. The van der Waals surface area contributed by atoms with Gasteiger partial charge in [-0.1, -0.05) is 18.2 Å². The molecule has 1 aromatic heterocycles. The van der Waals surface area contributed by atoms with E-state index >= 15 is 0 Å². The highest BCUT2D eigenvalue weighted by Crippen LogP contribution is 2.03. The molecule has 0 aromatic carbocycles. The Hall–Kier alpha value is -1.44. The summed E-state index contributed by atoms with van der Waals surface area (Å²) in [6.07, 6.45) is 12.0. The number of hydrogen-bond acceptors (Lipinski definition) is 1. The summed E-state index contributed by atoms with van der Waals surface area (Å²) in [4.78, 5) is 2.86. The van der Waals surface area contributed by atoms with Crippen molar-refractivity contribution in [2.75, 3.05) is 0 Å². The van der Waals surface area contributed by atoms with Gasteiger partial charge in [0.15, 0.2) is 0 Å². The summed E-state index contributed by atoms with van der Waals surface area (Å²) >= 11 is 0. The minimum atomic E-state index is 0.944. The lowest BCUT2D eigenvalue weighted by atomic mass is 10.2. The van der Waals surface area contributed by atoms with E-state index in [1.807, 2.05) is 30.6 Å². The van der Waals surface area contributed by atoms with E-state index < -0.39 is 0 Å². The molecule has 0 atom stereocenters. The highest BCUT2D eigenvalue weighted by atomic mass is 14.6. The van der Waals surface area contributed by atoms with Gasteiger partial charge in [-0.15, -0.1) is 0 Å². The molecule has 0 radical (unpaired) electrons. The Labute approximate surface area is 72.8 Å². The molecule has 0 amide bonds. The molecule has 0 unspecified atom stereocenters. The van der Waals surface area contributed by atoms with Crippen LogP contribution in [0.25, 0.3) is 0 Å². The van der Waals surface area contributed by atoms with Gasteiger partial charge in [0.2, 0.25) is 0 Å². The van der Waals surface area contributed by atoms with Crippen LogP contribution in [0.5, 0.6) is 0 Å². The Balaban J connectivity index is 0.000000127. The molecule has 0 fully saturated rings. The molecule has 0 bridgehead atoms. The number of nitrogens with two attached hydrogens (primary N) is 1. The third-order valence-electron chi connectivity index (χ3n) is 1.53. The third-order valence-corrected chi connectivity index (χ3v) is 1.53. The molecule has 0 saturated carbocycles. The molecular formula is C10H14N2. The molecule has 1 aromatic rings. The van der Waals surface area contributed by atoms with Gasteiger partial charge in [-0.25, -0.2) is 0 Å². The smallest absolute Gasteiger partial charge is 0.00814 e. The van der Waals surface area contributed by atoms with Gasteiger partial charge >= 0.3 is 0 Å². The van der Waals surface area contributed by atoms with Gasteiger partial charge in [-0.05, 0) is 18.6 Å². The average molecular weight is 162 g/mol. The maximum atomic E-state index is 5.44. The molecule has 0 aliphatic heterocycles. The second kappa shape index (κ2) is 5.24. The van der Waals surface area contributed by atoms with Gasteiger partial charge in [0.1, 0.15) is 0 Å². The van der Waals surface area contributed by atoms with E-state index in [0.717, 1.165) is 18.5 Å². The van der Waals surface area contributed by atoms with Crippen LogP contribution in [-0.4, -0.2) is 4.98 Å². The summed E-state index contributed by atoms with van der Waals surface area (Å²) in [5, 5.41) is 0. The van der Waals surface area contributed by atoms with Gasteiger partial charge in [0.05, 0.1) is 0 Å². The predicted octanol–water partition coefficient (Wildman–Crippen LogP) is 2.19. The number of hydrogen-bond donors (Lipinski definition) is 2. The largest absolute Gasteiger partial charge is 0.402 e. The Morgan fingerprint density at radius 1 is 1.17 bits per heavy atom. The fourth-order valence-electron chi connectivity index (χ4n) is 0.896. The van der Waals surface area contributed by atoms with Gasteiger partial charge < -0.3 is 10.7 Å². The van der Waals surface area contributed by atoms with Crippen LogP contribution in [0.3, 0.4) is 0 Å². The Morgan fingerprint density at radius 3 is 2.17 bits per heavy atom. The van der Waals surface area contributed by atoms with E-state index in [2.05, 4.69) is 17.1 Å². The number of aromatic amines is 1. The zero-order valence-corrected chi connectivity index (χ0v) is 7.03. The molecular weight excluding hydrogens is 148 g/mol. The normalized spacial score (nSPS) is 14.5. The van der Waals surface area contributed by atoms with Crippen molar-refractivity contribution in [3.05, 3.63) is 48.5 Å². The first-order chi connectivity index (χ1) is 5.89. The first-order valence-corrected chi connectivity index (χ1v) is 4.07. The summed E-state index contributed by atoms with van der Waals surface area (Å²) in [7, 11) is 0. The summed E-state index contributed by atoms with van der Waals surface area (Å²) in [5.74, 6) is 0. The van der Waals surface area contributed by atoms with Crippen LogP contribution in [0.1, 0.15) is 12.8 Å². The van der Waals surface area contributed by atoms with Crippen LogP contribution in [0.15, 0.2) is 48.5 Å². The number of nitrogens with one attached hydrogen (secondary N) is 1. The van der Waals surface area contributed by atoms with Gasteiger partial charge in [0.25, 0.3) is 0 Å². The van der Waals surface area contributed by atoms with Crippen molar-refractivity contribution in [3.8, 4) is 0 Å². The van der Waals surface area contributed by atoms with Gasteiger partial charge in [0, 0.05) is 24.5 Å². The van der Waals surface area contributed by atoms with Gasteiger partial charge in [-0.2, -0.15) is 0 Å². The van der Waals surface area contributed by atoms with Crippen LogP contribution in [0.4, 0.5) is 0 Å². The minimum absolute atomic E-state index is 0.944. The van der Waals surface area contributed by atoms with Crippen molar-refractivity contribution in [1.82, 2.24) is 4.98 Å². The molecule has 64 valence electrons. The highest BCUT2D eigenvalue weighted by Gasteiger charge is 1.87. The van der Waals surface area contributed by atoms with E-state index in [9.17, 15) is 0 Å². The molecule has 12 heavy (non-hydrogen) atoms. The van der Waals surface area contributed by atoms with Gasteiger partial charge in [-0.3, -0.25) is 0 Å². The van der Waals surface area contributed by atoms with Crippen molar-refractivity contribution >= 4 is 0 Å². The van der Waals surface area contributed by atoms with Crippen LogP contribution in [0.2, 0.25) is 0 Å². The van der Waals surface area contributed by atoms with Crippen molar-refractivity contribution in [2.45, 2.75) is 12.8 Å². The van der Waals surface area contributed by atoms with Crippen molar-refractivity contribution in [1.29, 1.82) is 0 Å². The summed E-state index contributed by atoms with van der Waals surface area (Å²) in [6, 6.07) is 3.89. The first kappa shape index (κ1) is 8.65. The van der Waals surface area contributed by atoms with Crippen LogP contribution < -0.4 is 5.73 Å². The van der Waals surface area contributed by atoms with Crippen LogP contribution >= 0.6 is 0 Å². The lowest BCUT2D eigenvalue weighted by Crippen LogP contribution is -1.96. The van der Waals surface area contributed by atoms with Crippen molar-refractivity contribution in [2.24, 2.45) is 5.73 Å². The molecule has 2 heteroatoms. The lowest BCUT2D eigenvalue weighted by Gasteiger charge is -1.98. The van der Waals surface area contributed by atoms with E-state index in [4.69, 9.17) is 5.73 Å². The maximum absolute atomic E-state index is 5.44. The third kappa shape index (κ3) is 3.66. The van der Waals surface area contributed by atoms with E-state index in [-0.39, 0.29) is 0 Å². The zero-order chi connectivity index (χ0) is 8.65. The van der Waals surface area contributed by atoms with Crippen molar-refractivity contribution in [3.63, 3.8) is 0 Å². The number of aromatic nitrogens is 1. The fourth-order valence-corrected chi connectivity index (χ4v) is 0.896. The van der Waals surface area contributed by atoms with Crippen molar-refractivity contribution < 1.29 is 0 Å². The molecule has 0 spiro atoms. The van der Waals surface area contributed by atoms with Crippen LogP contribution in [0, 0.1) is 0 Å². The maximum Gasteiger partial charge on any atom is 0.00814 e. The molecule has 2 nitrogen and oxygen atoms in total. The van der Waals surface area contributed by atoms with Crippen LogP contribution in [-0.2, 0) is 0 Å². The number of rotatable bonds is 0. The molecule has 1 heterocycles. The quantitative estimate of drug-likeness (QED) is 0.564. The second-order valence-electron chi connectivity index (χ2n) is 2.58.